The van der Waals surface area contributed by atoms with Crippen molar-refractivity contribution < 1.29 is 18.7 Å². The minimum absolute atomic E-state index is 0.0345. The molecule has 32 heavy (non-hydrogen) atoms. The number of rotatable bonds is 1. The van der Waals surface area contributed by atoms with E-state index in [2.05, 4.69) is 14.9 Å². The number of carbonyl (C=O) groups excluding carboxylic acids is 1. The first-order valence-electron chi connectivity index (χ1n) is 10.6. The zero-order valence-corrected chi connectivity index (χ0v) is 20.1. The molecule has 2 fully saturated rings. The lowest BCUT2D eigenvalue weighted by atomic mass is 9.98. The van der Waals surface area contributed by atoms with Gasteiger partial charge in [0.15, 0.2) is 16.1 Å². The summed E-state index contributed by atoms with van der Waals surface area (Å²) in [6.07, 6.45) is 2.85. The molecular weight excluding hydrogens is 457 g/mol. The fourth-order valence-corrected chi connectivity index (χ4v) is 5.61. The number of thioether (sulfide) groups is 1. The topological polar surface area (TPSA) is 80.7 Å². The molecule has 0 aliphatic carbocycles. The number of fused-ring (bicyclic) bond motifs is 5. The van der Waals surface area contributed by atoms with Crippen molar-refractivity contribution >= 4 is 46.2 Å². The summed E-state index contributed by atoms with van der Waals surface area (Å²) < 4.78 is 26.9. The molecule has 0 aromatic carbocycles. The number of pyridine rings is 1. The number of amides is 1. The number of nitrogens with zero attached hydrogens (tertiary/aromatic N) is 5. The second kappa shape index (κ2) is 7.48. The number of halogens is 2. The average Bonchev–Trinajstić information content (AvgIpc) is 2.96. The number of piperazine rings is 1. The van der Waals surface area contributed by atoms with Gasteiger partial charge < -0.3 is 14.4 Å². The van der Waals surface area contributed by atoms with Crippen LogP contribution < -0.4 is 9.64 Å². The van der Waals surface area contributed by atoms with E-state index in [0.29, 0.717) is 22.9 Å². The third-order valence-electron chi connectivity index (χ3n) is 6.22. The summed E-state index contributed by atoms with van der Waals surface area (Å²) in [7, 11) is 0. The lowest BCUT2D eigenvalue weighted by molar-refractivity contribution is 0.000950. The second-order valence-corrected chi connectivity index (χ2v) is 10.6. The maximum Gasteiger partial charge on any atom is 0.410 e. The minimum Gasteiger partial charge on any atom is -0.472 e. The predicted octanol–water partition coefficient (Wildman–Crippen LogP) is 4.28. The molecular formula is C21H25ClFN5O3S. The molecule has 8 nitrogen and oxygen atoms in total. The van der Waals surface area contributed by atoms with Gasteiger partial charge >= 0.3 is 6.09 Å². The first-order valence-corrected chi connectivity index (χ1v) is 12.2. The normalized spacial score (nSPS) is 26.6. The van der Waals surface area contributed by atoms with Crippen LogP contribution in [0.4, 0.5) is 15.0 Å². The predicted molar refractivity (Wildman–Crippen MR) is 120 cm³/mol. The van der Waals surface area contributed by atoms with Crippen molar-refractivity contribution in [1.82, 2.24) is 19.9 Å². The number of hydrogen-bond acceptors (Lipinski definition) is 8. The zero-order chi connectivity index (χ0) is 22.9. The summed E-state index contributed by atoms with van der Waals surface area (Å²) in [5.41, 5.74) is -0.483. The van der Waals surface area contributed by atoms with Crippen LogP contribution in [0.3, 0.4) is 0 Å². The van der Waals surface area contributed by atoms with E-state index < -0.39 is 11.4 Å². The molecule has 0 radical (unpaired) electrons. The summed E-state index contributed by atoms with van der Waals surface area (Å²) in [6, 6.07) is -0.367. The Morgan fingerprint density at radius 1 is 1.28 bits per heavy atom. The molecule has 1 amide bonds. The fourth-order valence-electron chi connectivity index (χ4n) is 5.08. The van der Waals surface area contributed by atoms with E-state index in [1.165, 1.54) is 11.8 Å². The van der Waals surface area contributed by atoms with Crippen molar-refractivity contribution in [3.63, 3.8) is 0 Å². The number of hydrogen-bond donors (Lipinski definition) is 0. The number of aromatic nitrogens is 3. The highest BCUT2D eigenvalue weighted by atomic mass is 35.5. The molecule has 5 heterocycles. The van der Waals surface area contributed by atoms with Crippen LogP contribution in [0.1, 0.15) is 40.5 Å². The summed E-state index contributed by atoms with van der Waals surface area (Å²) in [5, 5.41) is 0.576. The maximum atomic E-state index is 14.9. The molecule has 2 aromatic rings. The number of carbonyl (C=O) groups is 1. The van der Waals surface area contributed by atoms with E-state index in [0.717, 1.165) is 12.8 Å². The van der Waals surface area contributed by atoms with E-state index in [1.807, 2.05) is 38.9 Å². The van der Waals surface area contributed by atoms with Gasteiger partial charge in [-0.05, 0) is 46.8 Å². The Labute approximate surface area is 194 Å². The van der Waals surface area contributed by atoms with Gasteiger partial charge in [0.1, 0.15) is 28.4 Å². The molecule has 172 valence electrons. The SMILES string of the molecule is CSc1nc2c3c(nc(Cl)c(F)c3n1)O[C@@H](C)C1[C@@H]3CC[C@H](CN21)N3C(=O)OC(C)(C)C. The molecule has 2 aromatic heterocycles. The van der Waals surface area contributed by atoms with Crippen LogP contribution in [0.5, 0.6) is 5.88 Å². The molecule has 5 rings (SSSR count). The van der Waals surface area contributed by atoms with Gasteiger partial charge in [-0.3, -0.25) is 4.90 Å². The van der Waals surface area contributed by atoms with Crippen LogP contribution in [0, 0.1) is 5.82 Å². The van der Waals surface area contributed by atoms with Gasteiger partial charge in [-0.25, -0.2) is 19.2 Å². The second-order valence-electron chi connectivity index (χ2n) is 9.43. The first kappa shape index (κ1) is 21.8. The van der Waals surface area contributed by atoms with Crippen LogP contribution in [0.15, 0.2) is 5.16 Å². The van der Waals surface area contributed by atoms with Crippen LogP contribution in [0.2, 0.25) is 5.15 Å². The quantitative estimate of drug-likeness (QED) is 0.339. The molecule has 11 heteroatoms. The van der Waals surface area contributed by atoms with E-state index in [9.17, 15) is 9.18 Å². The molecule has 3 aliphatic heterocycles. The van der Waals surface area contributed by atoms with E-state index in [4.69, 9.17) is 26.1 Å². The van der Waals surface area contributed by atoms with Gasteiger partial charge in [0, 0.05) is 6.54 Å². The third-order valence-corrected chi connectivity index (χ3v) is 7.02. The standard InChI is InChI=1S/C21H25ClFN5O3S/c1-9-15-11-7-6-10(28(11)20(29)31-21(2,3)4)8-27(15)17-12-14(24-19(26-17)32-5)13(23)16(22)25-18(12)30-9/h9-11,15H,6-8H2,1-5H3/t9-,10+,11-,15?/m0/s1. The molecule has 0 N–H and O–H groups in total. The maximum absolute atomic E-state index is 14.9. The molecule has 4 atom stereocenters. The van der Waals surface area contributed by atoms with Crippen LogP contribution in [-0.4, -0.2) is 68.6 Å². The summed E-state index contributed by atoms with van der Waals surface area (Å²) in [6.45, 7) is 8.06. The van der Waals surface area contributed by atoms with Crippen molar-refractivity contribution in [3.05, 3.63) is 11.0 Å². The van der Waals surface area contributed by atoms with E-state index in [1.54, 1.807) is 0 Å². The minimum atomic E-state index is -0.686. The lowest BCUT2D eigenvalue weighted by Gasteiger charge is -2.48. The monoisotopic (exact) mass is 481 g/mol. The van der Waals surface area contributed by atoms with Crippen LogP contribution in [0.25, 0.3) is 10.9 Å². The highest BCUT2D eigenvalue weighted by Crippen LogP contribution is 2.45. The summed E-state index contributed by atoms with van der Waals surface area (Å²) in [4.78, 5) is 30.3. The lowest BCUT2D eigenvalue weighted by Crippen LogP contribution is -2.65. The highest BCUT2D eigenvalue weighted by molar-refractivity contribution is 7.98. The number of ether oxygens (including phenoxy) is 2. The molecule has 1 unspecified atom stereocenters. The van der Waals surface area contributed by atoms with Gasteiger partial charge in [0.2, 0.25) is 5.88 Å². The van der Waals surface area contributed by atoms with Crippen molar-refractivity contribution in [3.8, 4) is 5.88 Å². The summed E-state index contributed by atoms with van der Waals surface area (Å²) in [5.74, 6) is 0.109. The Bertz CT molecular complexity index is 1110. The van der Waals surface area contributed by atoms with Gasteiger partial charge in [-0.1, -0.05) is 23.4 Å². The van der Waals surface area contributed by atoms with Crippen molar-refractivity contribution in [2.24, 2.45) is 0 Å². The molecule has 0 spiro atoms. The van der Waals surface area contributed by atoms with Crippen molar-refractivity contribution in [2.75, 3.05) is 17.7 Å². The number of anilines is 1. The van der Waals surface area contributed by atoms with Crippen LogP contribution >= 0.6 is 23.4 Å². The molecule has 3 aliphatic rings. The highest BCUT2D eigenvalue weighted by Gasteiger charge is 2.53. The smallest absolute Gasteiger partial charge is 0.410 e. The average molecular weight is 482 g/mol. The first-order chi connectivity index (χ1) is 15.1. The molecule has 0 saturated carbocycles. The van der Waals surface area contributed by atoms with Gasteiger partial charge in [0.25, 0.3) is 0 Å². The van der Waals surface area contributed by atoms with Crippen molar-refractivity contribution in [1.29, 1.82) is 0 Å². The Balaban J connectivity index is 1.64. The molecule has 2 bridgehead atoms. The Morgan fingerprint density at radius 2 is 2.03 bits per heavy atom. The van der Waals surface area contributed by atoms with E-state index >= 15 is 0 Å². The van der Waals surface area contributed by atoms with Gasteiger partial charge in [0.05, 0.1) is 18.1 Å². The van der Waals surface area contributed by atoms with Gasteiger partial charge in [-0.2, -0.15) is 4.98 Å². The fraction of sp³-hybridized carbons (Fsp3) is 0.619. The van der Waals surface area contributed by atoms with E-state index in [-0.39, 0.29) is 46.9 Å². The molecule has 2 saturated heterocycles. The van der Waals surface area contributed by atoms with Crippen LogP contribution in [-0.2, 0) is 4.74 Å². The largest absolute Gasteiger partial charge is 0.472 e. The Kier molecular flexibility index (Phi) is 5.09. The van der Waals surface area contributed by atoms with Crippen molar-refractivity contribution in [2.45, 2.75) is 75.5 Å². The third kappa shape index (κ3) is 3.34. The Morgan fingerprint density at radius 3 is 2.72 bits per heavy atom. The summed E-state index contributed by atoms with van der Waals surface area (Å²) >= 11 is 7.40. The van der Waals surface area contributed by atoms with Gasteiger partial charge in [-0.15, -0.1) is 0 Å². The Hall–Kier alpha value is -2.07. The zero-order valence-electron chi connectivity index (χ0n) is 18.6.